The van der Waals surface area contributed by atoms with E-state index in [1.807, 2.05) is 42.1 Å². The van der Waals surface area contributed by atoms with Gasteiger partial charge in [0.15, 0.2) is 0 Å². The molecule has 1 atom stereocenters. The van der Waals surface area contributed by atoms with Crippen LogP contribution < -0.4 is 0 Å². The summed E-state index contributed by atoms with van der Waals surface area (Å²) in [6, 6.07) is 10.0. The number of piperidine rings is 1. The molecule has 0 bridgehead atoms. The van der Waals surface area contributed by atoms with Crippen LogP contribution in [0.5, 0.6) is 0 Å². The summed E-state index contributed by atoms with van der Waals surface area (Å²) in [6.45, 7) is 3.22. The van der Waals surface area contributed by atoms with Crippen molar-refractivity contribution in [1.29, 1.82) is 0 Å². The molecule has 0 saturated carbocycles. The van der Waals surface area contributed by atoms with Gasteiger partial charge in [-0.05, 0) is 51.8 Å². The molecule has 2 fully saturated rings. The molecule has 2 saturated heterocycles. The summed E-state index contributed by atoms with van der Waals surface area (Å²) in [4.78, 5) is 32.1. The maximum absolute atomic E-state index is 13.2. The molecule has 2 aliphatic heterocycles. The second-order valence-electron chi connectivity index (χ2n) is 8.51. The number of likely N-dealkylation sites (tertiary alicyclic amines) is 2. The normalized spacial score (nSPS) is 20.1. The van der Waals surface area contributed by atoms with Gasteiger partial charge in [0.25, 0.3) is 0 Å². The molecule has 0 radical (unpaired) electrons. The fraction of sp³-hybridized carbons (Fsp3) is 0.652. The molecule has 0 aliphatic carbocycles. The Balaban J connectivity index is 1.55. The van der Waals surface area contributed by atoms with Crippen molar-refractivity contribution in [2.24, 2.45) is 5.92 Å². The fourth-order valence-electron chi connectivity index (χ4n) is 4.43. The van der Waals surface area contributed by atoms with Gasteiger partial charge < -0.3 is 9.80 Å². The summed E-state index contributed by atoms with van der Waals surface area (Å²) in [5.74, 6) is 0.603. The SMILES string of the molecule is CN(C)C(Cc1ccccc1)C(=O)N1CCC(C(=O)N2CCCCCC2)CC1. The van der Waals surface area contributed by atoms with E-state index in [0.717, 1.165) is 45.2 Å². The number of benzene rings is 1. The number of carbonyl (C=O) groups excluding carboxylic acids is 2. The Bertz CT molecular complexity index is 631. The lowest BCUT2D eigenvalue weighted by molar-refractivity contribution is -0.142. The fourth-order valence-corrected chi connectivity index (χ4v) is 4.43. The first-order valence-corrected chi connectivity index (χ1v) is 10.8. The molecule has 3 rings (SSSR count). The predicted octanol–water partition coefficient (Wildman–Crippen LogP) is 2.80. The second kappa shape index (κ2) is 10.1. The summed E-state index contributed by atoms with van der Waals surface area (Å²) in [5.41, 5.74) is 1.18. The highest BCUT2D eigenvalue weighted by atomic mass is 16.2. The minimum absolute atomic E-state index is 0.0917. The molecule has 5 nitrogen and oxygen atoms in total. The summed E-state index contributed by atoms with van der Waals surface area (Å²) < 4.78 is 0. The van der Waals surface area contributed by atoms with E-state index in [9.17, 15) is 9.59 Å². The number of rotatable bonds is 5. The van der Waals surface area contributed by atoms with E-state index in [2.05, 4.69) is 17.0 Å². The van der Waals surface area contributed by atoms with E-state index >= 15 is 0 Å². The maximum atomic E-state index is 13.2. The van der Waals surface area contributed by atoms with Crippen LogP contribution in [0, 0.1) is 5.92 Å². The van der Waals surface area contributed by atoms with Crippen molar-refractivity contribution in [3.05, 3.63) is 35.9 Å². The molecule has 1 aromatic carbocycles. The summed E-state index contributed by atoms with van der Waals surface area (Å²) in [6.07, 6.45) is 7.06. The van der Waals surface area contributed by atoms with Crippen molar-refractivity contribution < 1.29 is 9.59 Å². The van der Waals surface area contributed by atoms with Crippen molar-refractivity contribution in [1.82, 2.24) is 14.7 Å². The third-order valence-electron chi connectivity index (χ3n) is 6.25. The third kappa shape index (κ3) is 5.34. The van der Waals surface area contributed by atoms with Crippen LogP contribution in [0.2, 0.25) is 0 Å². The first-order chi connectivity index (χ1) is 13.6. The lowest BCUT2D eigenvalue weighted by Gasteiger charge is -2.37. The van der Waals surface area contributed by atoms with Gasteiger partial charge in [-0.3, -0.25) is 14.5 Å². The minimum Gasteiger partial charge on any atom is -0.342 e. The van der Waals surface area contributed by atoms with Gasteiger partial charge in [-0.1, -0.05) is 43.2 Å². The summed E-state index contributed by atoms with van der Waals surface area (Å²) in [5, 5.41) is 0. The van der Waals surface area contributed by atoms with Crippen molar-refractivity contribution >= 4 is 11.8 Å². The first-order valence-electron chi connectivity index (χ1n) is 10.8. The van der Waals surface area contributed by atoms with Crippen molar-refractivity contribution in [2.45, 2.75) is 51.0 Å². The minimum atomic E-state index is -0.153. The number of carbonyl (C=O) groups is 2. The number of nitrogens with zero attached hydrogens (tertiary/aromatic N) is 3. The van der Waals surface area contributed by atoms with E-state index < -0.39 is 0 Å². The topological polar surface area (TPSA) is 43.9 Å². The van der Waals surface area contributed by atoms with Crippen LogP contribution in [0.3, 0.4) is 0 Å². The van der Waals surface area contributed by atoms with Gasteiger partial charge >= 0.3 is 0 Å². The first kappa shape index (κ1) is 20.8. The number of hydrogen-bond acceptors (Lipinski definition) is 3. The standard InChI is InChI=1S/C23H35N3O2/c1-24(2)21(18-19-10-6-5-7-11-19)23(28)26-16-12-20(13-17-26)22(27)25-14-8-3-4-9-15-25/h5-7,10-11,20-21H,3-4,8-9,12-18H2,1-2H3. The Morgan fingerprint density at radius 1 is 0.929 bits per heavy atom. The average Bonchev–Trinajstić information content (AvgIpc) is 3.01. The molecular weight excluding hydrogens is 350 g/mol. The van der Waals surface area contributed by atoms with Gasteiger partial charge in [0.2, 0.25) is 11.8 Å². The molecule has 2 aliphatic rings. The molecule has 0 N–H and O–H groups in total. The van der Waals surface area contributed by atoms with Gasteiger partial charge in [0, 0.05) is 32.1 Å². The molecule has 2 heterocycles. The lowest BCUT2D eigenvalue weighted by atomic mass is 9.94. The smallest absolute Gasteiger partial charge is 0.240 e. The molecular formula is C23H35N3O2. The van der Waals surface area contributed by atoms with Gasteiger partial charge in [0.05, 0.1) is 6.04 Å². The van der Waals surface area contributed by atoms with Gasteiger partial charge in [-0.15, -0.1) is 0 Å². The Kier molecular flexibility index (Phi) is 7.49. The van der Waals surface area contributed by atoms with E-state index in [4.69, 9.17) is 0 Å². The largest absolute Gasteiger partial charge is 0.342 e. The summed E-state index contributed by atoms with van der Waals surface area (Å²) >= 11 is 0. The van der Waals surface area contributed by atoms with Crippen LogP contribution in [0.15, 0.2) is 30.3 Å². The Morgan fingerprint density at radius 2 is 1.54 bits per heavy atom. The zero-order valence-corrected chi connectivity index (χ0v) is 17.5. The number of likely N-dealkylation sites (N-methyl/N-ethyl adjacent to an activating group) is 1. The Labute approximate surface area is 169 Å². The quantitative estimate of drug-likeness (QED) is 0.783. The second-order valence-corrected chi connectivity index (χ2v) is 8.51. The highest BCUT2D eigenvalue weighted by molar-refractivity contribution is 5.83. The Morgan fingerprint density at radius 3 is 2.11 bits per heavy atom. The van der Waals surface area contributed by atoms with Crippen molar-refractivity contribution in [2.75, 3.05) is 40.3 Å². The van der Waals surface area contributed by atoms with E-state index in [1.54, 1.807) is 0 Å². The predicted molar refractivity (Wildman–Crippen MR) is 112 cm³/mol. The lowest BCUT2D eigenvalue weighted by Crippen LogP contribution is -2.51. The number of amides is 2. The van der Waals surface area contributed by atoms with Crippen LogP contribution in [-0.2, 0) is 16.0 Å². The molecule has 28 heavy (non-hydrogen) atoms. The van der Waals surface area contributed by atoms with Crippen LogP contribution in [0.4, 0.5) is 0 Å². The van der Waals surface area contributed by atoms with Gasteiger partial charge in [-0.25, -0.2) is 0 Å². The van der Waals surface area contributed by atoms with E-state index in [-0.39, 0.29) is 17.9 Å². The Hall–Kier alpha value is -1.88. The van der Waals surface area contributed by atoms with Crippen molar-refractivity contribution in [3.8, 4) is 0 Å². The van der Waals surface area contributed by atoms with Crippen LogP contribution >= 0.6 is 0 Å². The van der Waals surface area contributed by atoms with Crippen molar-refractivity contribution in [3.63, 3.8) is 0 Å². The molecule has 0 spiro atoms. The molecule has 154 valence electrons. The van der Waals surface area contributed by atoms with E-state index in [0.29, 0.717) is 19.0 Å². The highest BCUT2D eigenvalue weighted by Gasteiger charge is 2.33. The van der Waals surface area contributed by atoms with Gasteiger partial charge in [0.1, 0.15) is 0 Å². The number of hydrogen-bond donors (Lipinski definition) is 0. The summed E-state index contributed by atoms with van der Waals surface area (Å²) in [7, 11) is 3.95. The molecule has 1 aromatic rings. The third-order valence-corrected chi connectivity index (χ3v) is 6.25. The molecule has 1 unspecified atom stereocenters. The molecule has 5 heteroatoms. The zero-order valence-electron chi connectivity index (χ0n) is 17.5. The van der Waals surface area contributed by atoms with Crippen LogP contribution in [0.25, 0.3) is 0 Å². The highest BCUT2D eigenvalue weighted by Crippen LogP contribution is 2.23. The average molecular weight is 386 g/mol. The van der Waals surface area contributed by atoms with Crippen LogP contribution in [0.1, 0.15) is 44.1 Å². The zero-order chi connectivity index (χ0) is 19.9. The van der Waals surface area contributed by atoms with Crippen LogP contribution in [-0.4, -0.2) is 72.8 Å². The monoisotopic (exact) mass is 385 g/mol. The molecule has 2 amide bonds. The van der Waals surface area contributed by atoms with E-state index in [1.165, 1.54) is 18.4 Å². The molecule has 0 aromatic heterocycles. The van der Waals surface area contributed by atoms with Gasteiger partial charge in [-0.2, -0.15) is 0 Å². The maximum Gasteiger partial charge on any atom is 0.240 e.